The Balaban J connectivity index is 0.0000348. The molecule has 0 fully saturated rings. The Morgan fingerprint density at radius 1 is 0.350 bits per heavy atom. The number of nitrogens with zero attached hydrogens (tertiary/aromatic N) is 1. The highest BCUT2D eigenvalue weighted by Gasteiger charge is 2.00. The number of allylic oxidation sites excluding steroid dienone is 19. The van der Waals surface area contributed by atoms with E-state index in [0.29, 0.717) is 0 Å². The van der Waals surface area contributed by atoms with E-state index in [1.807, 2.05) is 0 Å². The van der Waals surface area contributed by atoms with Gasteiger partial charge in [-0.05, 0) is 204 Å². The van der Waals surface area contributed by atoms with E-state index in [9.17, 15) is 0 Å². The summed E-state index contributed by atoms with van der Waals surface area (Å²) in [4.78, 5) is 2.38. The predicted octanol–water partition coefficient (Wildman–Crippen LogP) is 19.0. The third-order valence-corrected chi connectivity index (χ3v) is 11.4. The molecule has 0 atom stereocenters. The lowest BCUT2D eigenvalue weighted by Gasteiger charge is -2.15. The second kappa shape index (κ2) is 36.5. The van der Waals surface area contributed by atoms with Crippen LogP contribution in [0.1, 0.15) is 197 Å². The lowest BCUT2D eigenvalue weighted by Crippen LogP contribution is -2.17. The summed E-state index contributed by atoms with van der Waals surface area (Å²) in [5.74, 6) is 0. The Morgan fingerprint density at radius 3 is 0.833 bits per heavy atom. The minimum Gasteiger partial charge on any atom is -0.298 e. The second-order valence-corrected chi connectivity index (χ2v) is 18.3. The second-order valence-electron chi connectivity index (χ2n) is 18.3. The van der Waals surface area contributed by atoms with Gasteiger partial charge in [-0.1, -0.05) is 147 Å². The van der Waals surface area contributed by atoms with Gasteiger partial charge in [-0.2, -0.15) is 0 Å². The molecule has 336 valence electrons. The Morgan fingerprint density at radius 2 is 0.583 bits per heavy atom. The van der Waals surface area contributed by atoms with Crippen LogP contribution in [0, 0.1) is 0 Å². The molecule has 0 amide bonds. The van der Waals surface area contributed by atoms with Crippen molar-refractivity contribution in [2.75, 3.05) is 13.6 Å². The first-order valence-corrected chi connectivity index (χ1v) is 23.5. The monoisotopic (exact) mass is 838 g/mol. The number of likely N-dealkylation sites (N-methyl/N-ethyl adjacent to an activating group) is 1. The van der Waals surface area contributed by atoms with Crippen LogP contribution in [0.3, 0.4) is 0 Å². The summed E-state index contributed by atoms with van der Waals surface area (Å²) in [5, 5.41) is 0. The maximum absolute atomic E-state index is 2.47. The average molecular weight is 839 g/mol. The first-order chi connectivity index (χ1) is 28.2. The van der Waals surface area contributed by atoms with Crippen LogP contribution in [-0.4, -0.2) is 18.5 Å². The van der Waals surface area contributed by atoms with E-state index < -0.39 is 0 Å². The molecule has 0 aromatic heterocycles. The fourth-order valence-corrected chi connectivity index (χ4v) is 7.15. The summed E-state index contributed by atoms with van der Waals surface area (Å²) >= 11 is 0. The van der Waals surface area contributed by atoms with Gasteiger partial charge in [-0.25, -0.2) is 0 Å². The average Bonchev–Trinajstić information content (AvgIpc) is 3.17. The van der Waals surface area contributed by atoms with Gasteiger partial charge in [-0.15, -0.1) is 12.4 Å². The topological polar surface area (TPSA) is 3.24 Å². The number of hydrogen-bond donors (Lipinski definition) is 0. The maximum atomic E-state index is 2.47. The fraction of sp³-hybridized carbons (Fsp3) is 0.552. The van der Waals surface area contributed by atoms with Gasteiger partial charge in [0.2, 0.25) is 0 Å². The van der Waals surface area contributed by atoms with Gasteiger partial charge in [-0.3, -0.25) is 4.90 Å². The van der Waals surface area contributed by atoms with Crippen molar-refractivity contribution in [1.82, 2.24) is 4.90 Å². The zero-order chi connectivity index (χ0) is 43.7. The summed E-state index contributed by atoms with van der Waals surface area (Å²) in [6, 6.07) is 10.7. The van der Waals surface area contributed by atoms with Crippen molar-refractivity contribution in [3.05, 3.63) is 152 Å². The number of benzene rings is 1. The molecule has 0 saturated heterocycles. The van der Waals surface area contributed by atoms with Gasteiger partial charge in [0.15, 0.2) is 0 Å². The molecule has 1 rings (SSSR count). The van der Waals surface area contributed by atoms with Crippen molar-refractivity contribution >= 4 is 12.4 Å². The van der Waals surface area contributed by atoms with Crippen molar-refractivity contribution in [2.24, 2.45) is 0 Å². The molecule has 1 nitrogen and oxygen atoms in total. The van der Waals surface area contributed by atoms with Crippen molar-refractivity contribution in [3.8, 4) is 0 Å². The molecule has 0 saturated carbocycles. The van der Waals surface area contributed by atoms with Gasteiger partial charge in [0.1, 0.15) is 0 Å². The zero-order valence-electron chi connectivity index (χ0n) is 41.2. The van der Waals surface area contributed by atoms with Crippen LogP contribution in [-0.2, 0) is 6.54 Å². The largest absolute Gasteiger partial charge is 0.298 e. The molecule has 0 aliphatic heterocycles. The SMILES string of the molecule is CC(C)=CCC/C(C)=C/CC/C(C)=C/CC/C(C)=C/CC/C(C)=C/CC/C(C)=C/CC/C(C)=C/CC/C(C)=C/CC/C(C)=C/CC/C(C)=C/CN(C)Cc1ccccc1.Cl. The first kappa shape index (κ1) is 56.9. The van der Waals surface area contributed by atoms with Crippen LogP contribution in [0.2, 0.25) is 0 Å². The minimum atomic E-state index is 0. The highest BCUT2D eigenvalue weighted by Crippen LogP contribution is 2.18. The van der Waals surface area contributed by atoms with Crippen LogP contribution in [0.15, 0.2) is 147 Å². The summed E-state index contributed by atoms with van der Waals surface area (Å²) in [7, 11) is 2.20. The highest BCUT2D eigenvalue weighted by atomic mass is 35.5. The number of halogens is 1. The summed E-state index contributed by atoms with van der Waals surface area (Å²) in [6.07, 6.45) is 45.4. The molecule has 0 unspecified atom stereocenters. The highest BCUT2D eigenvalue weighted by molar-refractivity contribution is 5.85. The standard InChI is InChI=1S/C58H91N.ClH/c1-48(2)25-16-26-49(3)27-17-28-50(4)29-18-30-51(5)31-19-32-52(6)33-20-34-53(7)35-21-36-54(8)37-22-38-55(9)39-23-40-56(10)41-24-42-57(11)45-46-59(12)47-58-43-14-13-15-44-58;/h13-15,25,27,29,31,33,35,37,39,41,43-45H,16-24,26,28,30,32,34,36,38,40,42,46-47H2,1-12H3;1H/b49-27+,50-29+,51-31+,52-33+,53-35+,54-37+,55-39+,56-41+,57-45+;. The molecular weight excluding hydrogens is 746 g/mol. The van der Waals surface area contributed by atoms with Crippen LogP contribution in [0.5, 0.6) is 0 Å². The van der Waals surface area contributed by atoms with E-state index in [1.54, 1.807) is 0 Å². The summed E-state index contributed by atoms with van der Waals surface area (Å²) in [6.45, 7) is 27.1. The molecule has 1 aromatic carbocycles. The van der Waals surface area contributed by atoms with E-state index in [4.69, 9.17) is 0 Å². The molecule has 0 radical (unpaired) electrons. The van der Waals surface area contributed by atoms with Crippen LogP contribution < -0.4 is 0 Å². The normalized spacial score (nSPS) is 14.2. The molecule has 1 aromatic rings. The quantitative estimate of drug-likeness (QED) is 0.0674. The molecule has 60 heavy (non-hydrogen) atoms. The zero-order valence-corrected chi connectivity index (χ0v) is 42.0. The Bertz CT molecular complexity index is 1610. The van der Waals surface area contributed by atoms with Gasteiger partial charge >= 0.3 is 0 Å². The Kier molecular flexibility index (Phi) is 34.6. The lowest BCUT2D eigenvalue weighted by atomic mass is 10.0. The fourth-order valence-electron chi connectivity index (χ4n) is 7.15. The smallest absolute Gasteiger partial charge is 0.0233 e. The number of hydrogen-bond acceptors (Lipinski definition) is 1. The van der Waals surface area contributed by atoms with E-state index in [1.165, 1.54) is 126 Å². The molecule has 0 bridgehead atoms. The molecule has 0 heterocycles. The van der Waals surface area contributed by atoms with Crippen molar-refractivity contribution in [1.29, 1.82) is 0 Å². The predicted molar refractivity (Wildman–Crippen MR) is 276 cm³/mol. The van der Waals surface area contributed by atoms with E-state index >= 15 is 0 Å². The molecule has 0 aliphatic carbocycles. The van der Waals surface area contributed by atoms with Gasteiger partial charge < -0.3 is 0 Å². The van der Waals surface area contributed by atoms with Gasteiger partial charge in [0, 0.05) is 13.1 Å². The first-order valence-electron chi connectivity index (χ1n) is 23.5. The third kappa shape index (κ3) is 34.6. The maximum Gasteiger partial charge on any atom is 0.0233 e. The van der Waals surface area contributed by atoms with E-state index in [0.717, 1.165) is 64.5 Å². The molecule has 0 N–H and O–H groups in total. The van der Waals surface area contributed by atoms with Crippen LogP contribution in [0.4, 0.5) is 0 Å². The summed E-state index contributed by atoms with van der Waals surface area (Å²) in [5.41, 5.74) is 16.5. The van der Waals surface area contributed by atoms with Crippen LogP contribution >= 0.6 is 12.4 Å². The third-order valence-electron chi connectivity index (χ3n) is 11.4. The Hall–Kier alpha value is -3.13. The Labute approximate surface area is 379 Å². The molecular formula is C58H92ClN. The van der Waals surface area contributed by atoms with E-state index in [2.05, 4.69) is 179 Å². The van der Waals surface area contributed by atoms with Gasteiger partial charge in [0.25, 0.3) is 0 Å². The molecule has 0 aliphatic rings. The molecule has 2 heteroatoms. The van der Waals surface area contributed by atoms with Gasteiger partial charge in [0.05, 0.1) is 0 Å². The lowest BCUT2D eigenvalue weighted by molar-refractivity contribution is 0.362. The van der Waals surface area contributed by atoms with Crippen LogP contribution in [0.25, 0.3) is 0 Å². The minimum absolute atomic E-state index is 0. The van der Waals surface area contributed by atoms with Crippen molar-refractivity contribution in [2.45, 2.75) is 198 Å². The number of rotatable bonds is 31. The van der Waals surface area contributed by atoms with E-state index in [-0.39, 0.29) is 12.4 Å². The van der Waals surface area contributed by atoms with Crippen molar-refractivity contribution < 1.29 is 0 Å². The summed E-state index contributed by atoms with van der Waals surface area (Å²) < 4.78 is 0. The van der Waals surface area contributed by atoms with Crippen molar-refractivity contribution in [3.63, 3.8) is 0 Å². The molecule has 0 spiro atoms.